The van der Waals surface area contributed by atoms with Crippen LogP contribution in [0.5, 0.6) is 5.75 Å². The molecule has 2 aromatic rings. The summed E-state index contributed by atoms with van der Waals surface area (Å²) in [6.07, 6.45) is 2.34. The van der Waals surface area contributed by atoms with Crippen LogP contribution in [0.1, 0.15) is 18.6 Å². The molecule has 0 bridgehead atoms. The van der Waals surface area contributed by atoms with Crippen LogP contribution in [0.4, 0.5) is 0 Å². The molecule has 0 saturated carbocycles. The van der Waals surface area contributed by atoms with E-state index in [4.69, 9.17) is 9.15 Å². The molecule has 0 spiro atoms. The predicted molar refractivity (Wildman–Crippen MR) is 77.5 cm³/mol. The van der Waals surface area contributed by atoms with Gasteiger partial charge in [-0.25, -0.2) is 13.4 Å². The summed E-state index contributed by atoms with van der Waals surface area (Å²) in [7, 11) is -0.555. The van der Waals surface area contributed by atoms with Crippen molar-refractivity contribution in [1.29, 1.82) is 0 Å². The van der Waals surface area contributed by atoms with Crippen molar-refractivity contribution in [2.24, 2.45) is 0 Å². The summed E-state index contributed by atoms with van der Waals surface area (Å²) in [5, 5.41) is 0. The third kappa shape index (κ3) is 3.43. The molecule has 0 N–H and O–H groups in total. The number of rotatable bonds is 6. The molecule has 1 aromatic heterocycles. The Morgan fingerprint density at radius 3 is 2.48 bits per heavy atom. The lowest BCUT2D eigenvalue weighted by molar-refractivity contribution is 0.382. The number of aromatic nitrogens is 1. The molecule has 2 rings (SSSR count). The van der Waals surface area contributed by atoms with Crippen molar-refractivity contribution in [2.45, 2.75) is 24.8 Å². The van der Waals surface area contributed by atoms with Crippen LogP contribution >= 0.6 is 0 Å². The zero-order chi connectivity index (χ0) is 15.5. The Bertz CT molecular complexity index is 692. The number of oxazole rings is 1. The van der Waals surface area contributed by atoms with Gasteiger partial charge >= 0.3 is 0 Å². The van der Waals surface area contributed by atoms with E-state index in [-0.39, 0.29) is 11.4 Å². The van der Waals surface area contributed by atoms with Crippen LogP contribution in [0.2, 0.25) is 0 Å². The molecule has 7 heteroatoms. The first-order valence-corrected chi connectivity index (χ1v) is 7.95. The zero-order valence-electron chi connectivity index (χ0n) is 12.2. The van der Waals surface area contributed by atoms with E-state index >= 15 is 0 Å². The first-order chi connectivity index (χ1) is 9.97. The maximum Gasteiger partial charge on any atom is 0.243 e. The van der Waals surface area contributed by atoms with Crippen LogP contribution in [0.15, 0.2) is 39.8 Å². The van der Waals surface area contributed by atoms with Gasteiger partial charge in [-0.3, -0.25) is 0 Å². The van der Waals surface area contributed by atoms with Gasteiger partial charge in [0.05, 0.1) is 24.7 Å². The van der Waals surface area contributed by atoms with Crippen LogP contribution in [0.3, 0.4) is 0 Å². The predicted octanol–water partition coefficient (Wildman–Crippen LogP) is 2.07. The molecule has 1 heterocycles. The van der Waals surface area contributed by atoms with Crippen LogP contribution in [0.25, 0.3) is 0 Å². The number of sulfonamides is 1. The molecule has 6 nitrogen and oxygen atoms in total. The van der Waals surface area contributed by atoms with Crippen LogP contribution in [-0.2, 0) is 23.0 Å². The lowest BCUT2D eigenvalue weighted by Gasteiger charge is -2.15. The van der Waals surface area contributed by atoms with Gasteiger partial charge in [0.2, 0.25) is 15.9 Å². The number of hydrogen-bond donors (Lipinski definition) is 0. The number of methoxy groups -OCH3 is 1. The minimum absolute atomic E-state index is 0.0916. The fourth-order valence-electron chi connectivity index (χ4n) is 1.79. The highest BCUT2D eigenvalue weighted by Gasteiger charge is 2.22. The SMILES string of the molecule is CCc1cnc(CN(C)S(=O)(=O)c2ccc(OC)cc2)o1. The van der Waals surface area contributed by atoms with Gasteiger partial charge in [0, 0.05) is 13.5 Å². The molecule has 114 valence electrons. The molecule has 0 amide bonds. The van der Waals surface area contributed by atoms with Gasteiger partial charge in [-0.15, -0.1) is 0 Å². The maximum atomic E-state index is 12.4. The third-order valence-electron chi connectivity index (χ3n) is 3.08. The van der Waals surface area contributed by atoms with E-state index in [9.17, 15) is 8.42 Å². The van der Waals surface area contributed by atoms with Gasteiger partial charge < -0.3 is 9.15 Å². The first kappa shape index (κ1) is 15.5. The summed E-state index contributed by atoms with van der Waals surface area (Å²) in [4.78, 5) is 4.27. The highest BCUT2D eigenvalue weighted by atomic mass is 32.2. The topological polar surface area (TPSA) is 72.6 Å². The van der Waals surface area contributed by atoms with Crippen molar-refractivity contribution in [2.75, 3.05) is 14.2 Å². The lowest BCUT2D eigenvalue weighted by atomic mass is 10.3. The fourth-order valence-corrected chi connectivity index (χ4v) is 2.91. The Morgan fingerprint density at radius 2 is 1.95 bits per heavy atom. The molecule has 0 fully saturated rings. The zero-order valence-corrected chi connectivity index (χ0v) is 13.1. The number of aryl methyl sites for hydroxylation is 1. The van der Waals surface area contributed by atoms with E-state index in [1.54, 1.807) is 18.3 Å². The molecule has 0 aliphatic heterocycles. The van der Waals surface area contributed by atoms with Gasteiger partial charge in [0.25, 0.3) is 0 Å². The highest BCUT2D eigenvalue weighted by molar-refractivity contribution is 7.89. The van der Waals surface area contributed by atoms with E-state index in [1.807, 2.05) is 6.92 Å². The van der Waals surface area contributed by atoms with Crippen molar-refractivity contribution in [3.63, 3.8) is 0 Å². The molecular formula is C14H18N2O4S. The molecule has 0 unspecified atom stereocenters. The Labute approximate surface area is 124 Å². The van der Waals surface area contributed by atoms with Gasteiger partial charge in [-0.1, -0.05) is 6.92 Å². The third-order valence-corrected chi connectivity index (χ3v) is 4.89. The molecular weight excluding hydrogens is 292 g/mol. The van der Waals surface area contributed by atoms with Crippen LogP contribution in [-0.4, -0.2) is 31.9 Å². The Kier molecular flexibility index (Phi) is 4.64. The summed E-state index contributed by atoms with van der Waals surface area (Å²) in [6, 6.07) is 6.25. The summed E-state index contributed by atoms with van der Waals surface area (Å²) in [5.74, 6) is 1.73. The van der Waals surface area contributed by atoms with Crippen molar-refractivity contribution in [1.82, 2.24) is 9.29 Å². The van der Waals surface area contributed by atoms with Crippen LogP contribution in [0, 0.1) is 0 Å². The van der Waals surface area contributed by atoms with E-state index in [0.717, 1.165) is 12.2 Å². The number of benzene rings is 1. The summed E-state index contributed by atoms with van der Waals surface area (Å²) < 4.78 is 36.5. The monoisotopic (exact) mass is 310 g/mol. The largest absolute Gasteiger partial charge is 0.497 e. The Morgan fingerprint density at radius 1 is 1.29 bits per heavy atom. The van der Waals surface area contributed by atoms with Gasteiger partial charge in [-0.05, 0) is 24.3 Å². The number of hydrogen-bond acceptors (Lipinski definition) is 5. The standard InChI is InChI=1S/C14H18N2O4S/c1-4-11-9-15-14(20-11)10-16(2)21(17,18)13-7-5-12(19-3)6-8-13/h5-9H,4,10H2,1-3H3. The quantitative estimate of drug-likeness (QED) is 0.816. The molecule has 0 aliphatic rings. The minimum Gasteiger partial charge on any atom is -0.497 e. The van der Waals surface area contributed by atoms with Crippen molar-refractivity contribution in [3.05, 3.63) is 42.1 Å². The summed E-state index contributed by atoms with van der Waals surface area (Å²) >= 11 is 0. The van der Waals surface area contributed by atoms with E-state index in [0.29, 0.717) is 11.6 Å². The summed E-state index contributed by atoms with van der Waals surface area (Å²) in [5.41, 5.74) is 0. The smallest absolute Gasteiger partial charge is 0.243 e. The lowest BCUT2D eigenvalue weighted by Crippen LogP contribution is -2.26. The molecule has 21 heavy (non-hydrogen) atoms. The number of nitrogens with zero attached hydrogens (tertiary/aromatic N) is 2. The molecule has 0 radical (unpaired) electrons. The second kappa shape index (κ2) is 6.28. The van der Waals surface area contributed by atoms with Crippen LogP contribution < -0.4 is 4.74 Å². The second-order valence-corrected chi connectivity index (χ2v) is 6.56. The highest BCUT2D eigenvalue weighted by Crippen LogP contribution is 2.20. The second-order valence-electron chi connectivity index (χ2n) is 4.51. The summed E-state index contributed by atoms with van der Waals surface area (Å²) in [6.45, 7) is 2.04. The molecule has 1 aromatic carbocycles. The van der Waals surface area contributed by atoms with Gasteiger partial charge in [0.1, 0.15) is 11.5 Å². The van der Waals surface area contributed by atoms with E-state index < -0.39 is 10.0 Å². The van der Waals surface area contributed by atoms with Crippen molar-refractivity contribution in [3.8, 4) is 5.75 Å². The minimum atomic E-state index is -3.58. The number of ether oxygens (including phenoxy) is 1. The molecule has 0 atom stereocenters. The normalized spacial score (nSPS) is 11.8. The molecule has 0 aliphatic carbocycles. The average molecular weight is 310 g/mol. The fraction of sp³-hybridized carbons (Fsp3) is 0.357. The van der Waals surface area contributed by atoms with E-state index in [1.165, 1.54) is 30.6 Å². The van der Waals surface area contributed by atoms with Gasteiger partial charge in [-0.2, -0.15) is 4.31 Å². The van der Waals surface area contributed by atoms with Crippen molar-refractivity contribution < 1.29 is 17.6 Å². The van der Waals surface area contributed by atoms with E-state index in [2.05, 4.69) is 4.98 Å². The molecule has 0 saturated heterocycles. The van der Waals surface area contributed by atoms with Gasteiger partial charge in [0.15, 0.2) is 0 Å². The van der Waals surface area contributed by atoms with Crippen molar-refractivity contribution >= 4 is 10.0 Å². The average Bonchev–Trinajstić information content (AvgIpc) is 2.95. The first-order valence-electron chi connectivity index (χ1n) is 6.51. The maximum absolute atomic E-state index is 12.4. The Hall–Kier alpha value is -1.86. The Balaban J connectivity index is 2.17.